The third-order valence-electron chi connectivity index (χ3n) is 3.33. The monoisotopic (exact) mass is 289 g/mol. The molecule has 1 aliphatic heterocycles. The van der Waals surface area contributed by atoms with Gasteiger partial charge in [0.25, 0.3) is 0 Å². The molecule has 2 rings (SSSR count). The molecule has 0 bridgehead atoms. The molecule has 18 heavy (non-hydrogen) atoms. The van der Waals surface area contributed by atoms with Crippen molar-refractivity contribution in [1.82, 2.24) is 4.37 Å². The van der Waals surface area contributed by atoms with E-state index in [1.165, 1.54) is 24.2 Å². The highest BCUT2D eigenvalue weighted by atomic mass is 32.2. The number of sulfone groups is 1. The Morgan fingerprint density at radius 2 is 2.11 bits per heavy atom. The average Bonchev–Trinajstić information content (AvgIpc) is 2.51. The summed E-state index contributed by atoms with van der Waals surface area (Å²) < 4.78 is 27.6. The molecule has 1 aliphatic rings. The van der Waals surface area contributed by atoms with Gasteiger partial charge in [-0.2, -0.15) is 4.37 Å². The molecule has 1 unspecified atom stereocenters. The number of nitrogens with zero attached hydrogens (tertiary/aromatic N) is 2. The lowest BCUT2D eigenvalue weighted by molar-refractivity contribution is 0.521. The van der Waals surface area contributed by atoms with Gasteiger partial charge in [-0.15, -0.1) is 0 Å². The van der Waals surface area contributed by atoms with Crippen molar-refractivity contribution in [3.05, 3.63) is 0 Å². The number of rotatable bonds is 2. The first-order valence-corrected chi connectivity index (χ1v) is 8.76. The second-order valence-corrected chi connectivity index (χ2v) is 7.70. The molecule has 1 atom stereocenters. The summed E-state index contributed by atoms with van der Waals surface area (Å²) in [5.41, 5.74) is 5.69. The maximum atomic E-state index is 11.8. The average molecular weight is 289 g/mol. The van der Waals surface area contributed by atoms with Crippen molar-refractivity contribution in [1.29, 1.82) is 0 Å². The third-order valence-corrected chi connectivity index (χ3v) is 5.53. The Morgan fingerprint density at radius 3 is 2.78 bits per heavy atom. The highest BCUT2D eigenvalue weighted by molar-refractivity contribution is 7.91. The lowest BCUT2D eigenvalue weighted by Gasteiger charge is -2.21. The molecular formula is C11H19N3O2S2. The van der Waals surface area contributed by atoms with Crippen molar-refractivity contribution in [3.63, 3.8) is 0 Å². The van der Waals surface area contributed by atoms with Crippen LogP contribution in [-0.4, -0.2) is 32.1 Å². The van der Waals surface area contributed by atoms with Gasteiger partial charge in [0.15, 0.2) is 15.7 Å². The molecule has 102 valence electrons. The van der Waals surface area contributed by atoms with Crippen LogP contribution < -0.4 is 10.6 Å². The van der Waals surface area contributed by atoms with Gasteiger partial charge in [-0.3, -0.25) is 0 Å². The van der Waals surface area contributed by atoms with Crippen LogP contribution in [0.2, 0.25) is 0 Å². The summed E-state index contributed by atoms with van der Waals surface area (Å²) in [5.74, 6) is 0.830. The Bertz CT molecular complexity index is 524. The van der Waals surface area contributed by atoms with Gasteiger partial charge in [0.1, 0.15) is 9.90 Å². The minimum atomic E-state index is -3.31. The molecule has 1 aromatic heterocycles. The van der Waals surface area contributed by atoms with Gasteiger partial charge in [0, 0.05) is 19.3 Å². The molecule has 0 spiro atoms. The lowest BCUT2D eigenvalue weighted by atomic mass is 10.0. The minimum absolute atomic E-state index is 0.134. The SMILES string of the molecule is CC1CCCN(c2snc(N)c2S(C)(=O)=O)CC1. The fourth-order valence-corrected chi connectivity index (χ4v) is 4.56. The van der Waals surface area contributed by atoms with Crippen LogP contribution >= 0.6 is 11.5 Å². The molecule has 0 amide bonds. The molecule has 0 aliphatic carbocycles. The summed E-state index contributed by atoms with van der Waals surface area (Å²) in [6.07, 6.45) is 4.55. The van der Waals surface area contributed by atoms with E-state index in [-0.39, 0.29) is 10.7 Å². The van der Waals surface area contributed by atoms with Crippen molar-refractivity contribution < 1.29 is 8.42 Å². The van der Waals surface area contributed by atoms with Gasteiger partial charge in [0.2, 0.25) is 0 Å². The first kappa shape index (κ1) is 13.6. The summed E-state index contributed by atoms with van der Waals surface area (Å²) in [7, 11) is -3.31. The van der Waals surface area contributed by atoms with Gasteiger partial charge in [0.05, 0.1) is 0 Å². The van der Waals surface area contributed by atoms with E-state index >= 15 is 0 Å². The van der Waals surface area contributed by atoms with Gasteiger partial charge >= 0.3 is 0 Å². The highest BCUT2D eigenvalue weighted by Gasteiger charge is 2.26. The maximum absolute atomic E-state index is 11.8. The molecule has 0 radical (unpaired) electrons. The Morgan fingerprint density at radius 1 is 1.39 bits per heavy atom. The van der Waals surface area contributed by atoms with Crippen LogP contribution in [0.5, 0.6) is 0 Å². The van der Waals surface area contributed by atoms with Crippen LogP contribution in [0.4, 0.5) is 10.8 Å². The summed E-state index contributed by atoms with van der Waals surface area (Å²) in [5, 5.41) is 0.712. The Kier molecular flexibility index (Phi) is 3.82. The quantitative estimate of drug-likeness (QED) is 0.897. The predicted molar refractivity (Wildman–Crippen MR) is 74.9 cm³/mol. The summed E-state index contributed by atoms with van der Waals surface area (Å²) in [6.45, 7) is 4.00. The zero-order valence-electron chi connectivity index (χ0n) is 10.7. The van der Waals surface area contributed by atoms with Crippen molar-refractivity contribution in [3.8, 4) is 0 Å². The first-order chi connectivity index (χ1) is 8.39. The second-order valence-electron chi connectivity index (χ2n) is 5.00. The van der Waals surface area contributed by atoms with Gasteiger partial charge < -0.3 is 10.6 Å². The van der Waals surface area contributed by atoms with Gasteiger partial charge in [-0.05, 0) is 36.7 Å². The van der Waals surface area contributed by atoms with Crippen LogP contribution in [0.3, 0.4) is 0 Å². The fraction of sp³-hybridized carbons (Fsp3) is 0.727. The molecule has 0 aromatic carbocycles. The molecule has 0 saturated carbocycles. The smallest absolute Gasteiger partial charge is 0.182 e. The zero-order chi connectivity index (χ0) is 13.3. The molecule has 1 fully saturated rings. The number of hydrogen-bond donors (Lipinski definition) is 1. The molecule has 1 saturated heterocycles. The van der Waals surface area contributed by atoms with Crippen LogP contribution in [0, 0.1) is 5.92 Å². The van der Waals surface area contributed by atoms with Crippen molar-refractivity contribution >= 4 is 32.2 Å². The van der Waals surface area contributed by atoms with Crippen LogP contribution in [0.25, 0.3) is 0 Å². The molecule has 2 heterocycles. The minimum Gasteiger partial charge on any atom is -0.382 e. The van der Waals surface area contributed by atoms with Crippen LogP contribution in [-0.2, 0) is 9.84 Å². The molecule has 7 heteroatoms. The van der Waals surface area contributed by atoms with Crippen molar-refractivity contribution in [2.24, 2.45) is 5.92 Å². The number of anilines is 2. The standard InChI is InChI=1S/C11H19N3O2S2/c1-8-4-3-6-14(7-5-8)11-9(18(2,15)16)10(12)13-17-11/h8H,3-7H2,1-2H3,(H2,12,13). The van der Waals surface area contributed by atoms with E-state index < -0.39 is 9.84 Å². The largest absolute Gasteiger partial charge is 0.382 e. The van der Waals surface area contributed by atoms with E-state index in [0.717, 1.165) is 25.9 Å². The first-order valence-electron chi connectivity index (χ1n) is 6.09. The second kappa shape index (κ2) is 5.05. The van der Waals surface area contributed by atoms with E-state index in [4.69, 9.17) is 5.73 Å². The number of aromatic nitrogens is 1. The fourth-order valence-electron chi connectivity index (χ4n) is 2.30. The van der Waals surface area contributed by atoms with E-state index in [2.05, 4.69) is 16.2 Å². The van der Waals surface area contributed by atoms with Gasteiger partial charge in [-0.1, -0.05) is 6.92 Å². The van der Waals surface area contributed by atoms with Crippen molar-refractivity contribution in [2.45, 2.75) is 31.1 Å². The normalized spacial score (nSPS) is 21.9. The Labute approximate surface area is 112 Å². The topological polar surface area (TPSA) is 76.3 Å². The molecular weight excluding hydrogens is 270 g/mol. The van der Waals surface area contributed by atoms with E-state index in [1.54, 1.807) is 0 Å². The molecule has 5 nitrogen and oxygen atoms in total. The molecule has 1 aromatic rings. The lowest BCUT2D eigenvalue weighted by Crippen LogP contribution is -2.24. The summed E-state index contributed by atoms with van der Waals surface area (Å²) in [4.78, 5) is 2.33. The Balaban J connectivity index is 2.34. The van der Waals surface area contributed by atoms with E-state index in [9.17, 15) is 8.42 Å². The number of hydrogen-bond acceptors (Lipinski definition) is 6. The van der Waals surface area contributed by atoms with E-state index in [1.807, 2.05) is 0 Å². The predicted octanol–water partition coefficient (Wildman–Crippen LogP) is 1.76. The number of nitrogen functional groups attached to an aromatic ring is 1. The van der Waals surface area contributed by atoms with Crippen LogP contribution in [0.1, 0.15) is 26.2 Å². The van der Waals surface area contributed by atoms with Gasteiger partial charge in [-0.25, -0.2) is 8.42 Å². The van der Waals surface area contributed by atoms with E-state index in [0.29, 0.717) is 10.9 Å². The third kappa shape index (κ3) is 2.77. The number of nitrogens with two attached hydrogens (primary N) is 1. The summed E-state index contributed by atoms with van der Waals surface area (Å²) in [6, 6.07) is 0. The van der Waals surface area contributed by atoms with Crippen molar-refractivity contribution in [2.75, 3.05) is 30.0 Å². The molecule has 2 N–H and O–H groups in total. The highest BCUT2D eigenvalue weighted by Crippen LogP contribution is 2.36. The summed E-state index contributed by atoms with van der Waals surface area (Å²) >= 11 is 1.19. The van der Waals surface area contributed by atoms with Crippen LogP contribution in [0.15, 0.2) is 4.90 Å². The maximum Gasteiger partial charge on any atom is 0.182 e. The zero-order valence-corrected chi connectivity index (χ0v) is 12.4. The Hall–Kier alpha value is -0.820.